The second-order valence-corrected chi connectivity index (χ2v) is 12.9. The molecule has 0 saturated heterocycles. The molecule has 216 valence electrons. The first-order chi connectivity index (χ1) is 22.8. The molecule has 3 nitrogen and oxygen atoms in total. The lowest BCUT2D eigenvalue weighted by Crippen LogP contribution is -2.09. The lowest BCUT2D eigenvalue weighted by Gasteiger charge is -2.26. The average Bonchev–Trinajstić information content (AvgIpc) is 3.78. The molecule has 0 N–H and O–H groups in total. The highest BCUT2D eigenvalue weighted by Crippen LogP contribution is 2.44. The van der Waals surface area contributed by atoms with Crippen LogP contribution in [0.3, 0.4) is 0 Å². The van der Waals surface area contributed by atoms with Crippen molar-refractivity contribution in [1.82, 2.24) is 4.57 Å². The van der Waals surface area contributed by atoms with Crippen LogP contribution in [0.5, 0.6) is 0 Å². The Labute approximate surface area is 268 Å². The minimum atomic E-state index is 0.894. The summed E-state index contributed by atoms with van der Waals surface area (Å²) in [5.41, 5.74) is 8.66. The molecule has 3 heterocycles. The largest absolute Gasteiger partial charge is 0.456 e. The van der Waals surface area contributed by atoms with E-state index in [4.69, 9.17) is 4.42 Å². The zero-order valence-corrected chi connectivity index (χ0v) is 25.5. The average molecular weight is 607 g/mol. The molecule has 0 fully saturated rings. The van der Waals surface area contributed by atoms with Crippen LogP contribution in [-0.4, -0.2) is 4.57 Å². The summed E-state index contributed by atoms with van der Waals surface area (Å²) in [6, 6.07) is 56.6. The van der Waals surface area contributed by atoms with E-state index in [0.29, 0.717) is 0 Å². The molecule has 0 amide bonds. The molecule has 10 aromatic rings. The van der Waals surface area contributed by atoms with E-state index in [2.05, 4.69) is 155 Å². The second-order valence-electron chi connectivity index (χ2n) is 11.8. The quantitative estimate of drug-likeness (QED) is 0.199. The van der Waals surface area contributed by atoms with Gasteiger partial charge < -0.3 is 13.9 Å². The summed E-state index contributed by atoms with van der Waals surface area (Å²) in [6.45, 7) is 0. The van der Waals surface area contributed by atoms with Crippen molar-refractivity contribution in [3.05, 3.63) is 158 Å². The predicted molar refractivity (Wildman–Crippen MR) is 196 cm³/mol. The van der Waals surface area contributed by atoms with Crippen molar-refractivity contribution >= 4 is 92.3 Å². The van der Waals surface area contributed by atoms with Crippen molar-refractivity contribution in [3.8, 4) is 5.69 Å². The van der Waals surface area contributed by atoms with E-state index >= 15 is 0 Å². The Morgan fingerprint density at radius 2 is 1.00 bits per heavy atom. The van der Waals surface area contributed by atoms with Crippen LogP contribution in [0.15, 0.2) is 162 Å². The van der Waals surface area contributed by atoms with Crippen molar-refractivity contribution in [2.24, 2.45) is 0 Å². The van der Waals surface area contributed by atoms with Gasteiger partial charge in [0.15, 0.2) is 0 Å². The van der Waals surface area contributed by atoms with E-state index in [9.17, 15) is 0 Å². The Bertz CT molecular complexity index is 2650. The van der Waals surface area contributed by atoms with Crippen LogP contribution < -0.4 is 4.90 Å². The molecule has 0 aliphatic carbocycles. The maximum atomic E-state index is 6.22. The number of rotatable bonds is 4. The van der Waals surface area contributed by atoms with E-state index < -0.39 is 0 Å². The zero-order valence-electron chi connectivity index (χ0n) is 24.7. The number of aromatic nitrogens is 1. The fourth-order valence-electron chi connectivity index (χ4n) is 7.11. The standard InChI is InChI=1S/C42H26N2OS/c1-2-10-27(11-3-1)44-37-15-7-4-12-31(37)34-24-28(18-21-38(34)44)43(29-19-22-40-35(25-29)32-13-5-8-16-39(32)45-40)30-20-23-42-36(26-30)33-14-6-9-17-41(33)46-42/h1-26H. The van der Waals surface area contributed by atoms with Gasteiger partial charge in [0.05, 0.1) is 11.0 Å². The summed E-state index contributed by atoms with van der Waals surface area (Å²) < 4.78 is 11.2. The summed E-state index contributed by atoms with van der Waals surface area (Å²) in [4.78, 5) is 2.39. The topological polar surface area (TPSA) is 21.3 Å². The van der Waals surface area contributed by atoms with Crippen molar-refractivity contribution < 1.29 is 4.42 Å². The number of hydrogen-bond acceptors (Lipinski definition) is 3. The van der Waals surface area contributed by atoms with Crippen molar-refractivity contribution in [1.29, 1.82) is 0 Å². The van der Waals surface area contributed by atoms with E-state index in [1.165, 1.54) is 42.0 Å². The lowest BCUT2D eigenvalue weighted by atomic mass is 10.1. The Balaban J connectivity index is 1.25. The smallest absolute Gasteiger partial charge is 0.135 e. The van der Waals surface area contributed by atoms with Crippen LogP contribution >= 0.6 is 11.3 Å². The number of fused-ring (bicyclic) bond motifs is 9. The van der Waals surface area contributed by atoms with Gasteiger partial charge in [-0.1, -0.05) is 72.8 Å². The van der Waals surface area contributed by atoms with Gasteiger partial charge in [0.2, 0.25) is 0 Å². The van der Waals surface area contributed by atoms with E-state index in [1.54, 1.807) is 0 Å². The Morgan fingerprint density at radius 1 is 0.413 bits per heavy atom. The maximum absolute atomic E-state index is 6.22. The minimum Gasteiger partial charge on any atom is -0.456 e. The first-order valence-electron chi connectivity index (χ1n) is 15.5. The van der Waals surface area contributed by atoms with Crippen LogP contribution in [0.1, 0.15) is 0 Å². The van der Waals surface area contributed by atoms with E-state index in [0.717, 1.165) is 44.7 Å². The number of para-hydroxylation sites is 3. The first kappa shape index (κ1) is 25.5. The van der Waals surface area contributed by atoms with Gasteiger partial charge in [-0.05, 0) is 84.9 Å². The lowest BCUT2D eigenvalue weighted by molar-refractivity contribution is 0.669. The van der Waals surface area contributed by atoms with Gasteiger partial charge in [0.25, 0.3) is 0 Å². The first-order valence-corrected chi connectivity index (χ1v) is 16.3. The molecule has 4 heteroatoms. The SMILES string of the molecule is c1ccc(-n2c3ccccc3c3cc(N(c4ccc5oc6ccccc6c5c4)c4ccc5sc6ccccc6c5c4)ccc32)cc1. The van der Waals surface area contributed by atoms with E-state index in [-0.39, 0.29) is 0 Å². The Morgan fingerprint density at radius 3 is 1.87 bits per heavy atom. The third kappa shape index (κ3) is 3.77. The molecule has 0 aliphatic heterocycles. The Kier molecular flexibility index (Phi) is 5.45. The molecule has 0 radical (unpaired) electrons. The van der Waals surface area contributed by atoms with Crippen molar-refractivity contribution in [2.45, 2.75) is 0 Å². The summed E-state index contributed by atoms with van der Waals surface area (Å²) in [5, 5.41) is 7.26. The molecule has 0 atom stereocenters. The highest BCUT2D eigenvalue weighted by Gasteiger charge is 2.19. The second kappa shape index (κ2) is 9.83. The van der Waals surface area contributed by atoms with Gasteiger partial charge >= 0.3 is 0 Å². The highest BCUT2D eigenvalue weighted by atomic mass is 32.1. The van der Waals surface area contributed by atoms with Gasteiger partial charge in [-0.15, -0.1) is 11.3 Å². The van der Waals surface area contributed by atoms with E-state index in [1.807, 2.05) is 23.5 Å². The summed E-state index contributed by atoms with van der Waals surface area (Å²) in [5.74, 6) is 0. The monoisotopic (exact) mass is 606 g/mol. The van der Waals surface area contributed by atoms with Gasteiger partial charge in [-0.25, -0.2) is 0 Å². The third-order valence-corrected chi connectivity index (χ3v) is 10.3. The predicted octanol–water partition coefficient (Wildman–Crippen LogP) is 12.5. The summed E-state index contributed by atoms with van der Waals surface area (Å²) in [6.07, 6.45) is 0. The molecule has 0 saturated carbocycles. The number of anilines is 3. The van der Waals surface area contributed by atoms with Crippen LogP contribution in [0.2, 0.25) is 0 Å². The maximum Gasteiger partial charge on any atom is 0.135 e. The molecular weight excluding hydrogens is 581 g/mol. The van der Waals surface area contributed by atoms with Gasteiger partial charge in [-0.3, -0.25) is 0 Å². The van der Waals surface area contributed by atoms with Crippen molar-refractivity contribution in [3.63, 3.8) is 0 Å². The van der Waals surface area contributed by atoms with Crippen LogP contribution in [0, 0.1) is 0 Å². The van der Waals surface area contributed by atoms with Gasteiger partial charge in [0, 0.05) is 64.5 Å². The number of thiophene rings is 1. The molecular formula is C42H26N2OS. The van der Waals surface area contributed by atoms with Gasteiger partial charge in [-0.2, -0.15) is 0 Å². The zero-order chi connectivity index (χ0) is 30.2. The summed E-state index contributed by atoms with van der Waals surface area (Å²) >= 11 is 1.85. The molecule has 0 spiro atoms. The molecule has 0 unspecified atom stereocenters. The third-order valence-electron chi connectivity index (χ3n) is 9.17. The van der Waals surface area contributed by atoms with Crippen LogP contribution in [0.25, 0.3) is 69.6 Å². The van der Waals surface area contributed by atoms with Gasteiger partial charge in [0.1, 0.15) is 11.2 Å². The molecule has 0 aliphatic rings. The molecule has 0 bridgehead atoms. The molecule has 10 rings (SSSR count). The number of hydrogen-bond donors (Lipinski definition) is 0. The normalized spacial score (nSPS) is 11.9. The Hall–Kier alpha value is -5.84. The molecule has 3 aromatic heterocycles. The van der Waals surface area contributed by atoms with Crippen LogP contribution in [0.4, 0.5) is 17.1 Å². The molecule has 46 heavy (non-hydrogen) atoms. The number of furan rings is 1. The highest BCUT2D eigenvalue weighted by molar-refractivity contribution is 7.25. The summed E-state index contributed by atoms with van der Waals surface area (Å²) in [7, 11) is 0. The fraction of sp³-hybridized carbons (Fsp3) is 0. The molecule has 7 aromatic carbocycles. The minimum absolute atomic E-state index is 0.894. The van der Waals surface area contributed by atoms with Crippen LogP contribution in [-0.2, 0) is 0 Å². The number of nitrogens with zero attached hydrogens (tertiary/aromatic N) is 2. The number of benzene rings is 7. The van der Waals surface area contributed by atoms with Crippen molar-refractivity contribution in [2.75, 3.05) is 4.90 Å². The fourth-order valence-corrected chi connectivity index (χ4v) is 8.20.